The Bertz CT molecular complexity index is 802. The van der Waals surface area contributed by atoms with Crippen molar-refractivity contribution in [3.05, 3.63) is 41.9 Å². The fourth-order valence-corrected chi connectivity index (χ4v) is 2.72. The van der Waals surface area contributed by atoms with Gasteiger partial charge in [-0.1, -0.05) is 12.1 Å². The first-order valence-electron chi connectivity index (χ1n) is 8.52. The minimum atomic E-state index is -0.672. The van der Waals surface area contributed by atoms with Gasteiger partial charge >= 0.3 is 5.97 Å². The zero-order chi connectivity index (χ0) is 19.2. The second kappa shape index (κ2) is 8.52. The van der Waals surface area contributed by atoms with Gasteiger partial charge in [0, 0.05) is 32.2 Å². The zero-order valence-corrected chi connectivity index (χ0v) is 14.9. The third-order valence-electron chi connectivity index (χ3n) is 4.13. The lowest BCUT2D eigenvalue weighted by Gasteiger charge is -2.36. The largest absolute Gasteiger partial charge is 0.463 e. The van der Waals surface area contributed by atoms with Gasteiger partial charge in [-0.2, -0.15) is 0 Å². The molecule has 0 saturated carbocycles. The molecule has 1 aromatic heterocycles. The average molecular weight is 377 g/mol. The molecule has 8 nitrogen and oxygen atoms in total. The minimum Gasteiger partial charge on any atom is -0.463 e. The maximum absolute atomic E-state index is 13.8. The van der Waals surface area contributed by atoms with Crippen LogP contribution < -0.4 is 9.64 Å². The highest BCUT2D eigenvalue weighted by Gasteiger charge is 2.23. The Morgan fingerprint density at radius 3 is 2.59 bits per heavy atom. The summed E-state index contributed by atoms with van der Waals surface area (Å²) < 4.78 is 28.7. The van der Waals surface area contributed by atoms with Crippen molar-refractivity contribution in [2.45, 2.75) is 6.92 Å². The number of rotatable bonds is 6. The Morgan fingerprint density at radius 2 is 1.93 bits per heavy atom. The van der Waals surface area contributed by atoms with Crippen LogP contribution in [0.15, 0.2) is 34.9 Å². The summed E-state index contributed by atoms with van der Waals surface area (Å²) in [5.41, 5.74) is 0.524. The van der Waals surface area contributed by atoms with Gasteiger partial charge in [0.25, 0.3) is 11.8 Å². The van der Waals surface area contributed by atoms with Crippen molar-refractivity contribution in [2.75, 3.05) is 44.3 Å². The van der Waals surface area contributed by atoms with Crippen LogP contribution in [0.1, 0.15) is 5.76 Å². The van der Waals surface area contributed by atoms with Crippen LogP contribution in [0, 0.1) is 12.7 Å². The normalized spacial score (nSPS) is 14.1. The number of amides is 1. The second-order valence-electron chi connectivity index (χ2n) is 6.04. The van der Waals surface area contributed by atoms with Crippen molar-refractivity contribution in [2.24, 2.45) is 0 Å². The van der Waals surface area contributed by atoms with E-state index in [1.54, 1.807) is 30.0 Å². The van der Waals surface area contributed by atoms with Crippen LogP contribution in [0.2, 0.25) is 0 Å². The number of carbonyl (C=O) groups excluding carboxylic acids is 2. The first kappa shape index (κ1) is 18.7. The average Bonchev–Trinajstić information content (AvgIpc) is 3.10. The lowest BCUT2D eigenvalue weighted by atomic mass is 10.2. The number of halogens is 1. The fraction of sp³-hybridized carbons (Fsp3) is 0.389. The smallest absolute Gasteiger partial charge is 0.344 e. The highest BCUT2D eigenvalue weighted by atomic mass is 19.1. The summed E-state index contributed by atoms with van der Waals surface area (Å²) in [5.74, 6) is -0.514. The molecule has 0 bridgehead atoms. The van der Waals surface area contributed by atoms with Gasteiger partial charge in [0.2, 0.25) is 0 Å². The number of nitrogens with zero attached hydrogens (tertiary/aromatic N) is 3. The highest BCUT2D eigenvalue weighted by molar-refractivity contribution is 5.81. The Balaban J connectivity index is 1.39. The van der Waals surface area contributed by atoms with E-state index in [4.69, 9.17) is 14.0 Å². The number of esters is 1. The number of aryl methyl sites for hydroxylation is 1. The van der Waals surface area contributed by atoms with E-state index in [0.717, 1.165) is 0 Å². The van der Waals surface area contributed by atoms with Gasteiger partial charge in [0.1, 0.15) is 11.6 Å². The topological polar surface area (TPSA) is 85.1 Å². The van der Waals surface area contributed by atoms with E-state index in [-0.39, 0.29) is 30.8 Å². The van der Waals surface area contributed by atoms with Crippen molar-refractivity contribution in [1.29, 1.82) is 0 Å². The summed E-state index contributed by atoms with van der Waals surface area (Å²) >= 11 is 0. The number of para-hydroxylation sites is 1. The highest BCUT2D eigenvalue weighted by Crippen LogP contribution is 2.20. The molecule has 3 rings (SSSR count). The first-order valence-corrected chi connectivity index (χ1v) is 8.52. The predicted octanol–water partition coefficient (Wildman–Crippen LogP) is 1.39. The van der Waals surface area contributed by atoms with Crippen LogP contribution in [-0.2, 0) is 14.3 Å². The standard InChI is InChI=1S/C18H20FN3O5/c1-13-10-16(20-27-13)25-12-18(24)26-11-17(23)22-8-6-21(7-9-22)15-5-3-2-4-14(15)19/h2-5,10H,6-9,11-12H2,1H3. The fourth-order valence-electron chi connectivity index (χ4n) is 2.72. The van der Waals surface area contributed by atoms with Gasteiger partial charge in [0.15, 0.2) is 13.2 Å². The molecule has 0 unspecified atom stereocenters. The molecule has 1 aromatic carbocycles. The predicted molar refractivity (Wildman–Crippen MR) is 92.9 cm³/mol. The van der Waals surface area contributed by atoms with E-state index in [0.29, 0.717) is 37.6 Å². The van der Waals surface area contributed by atoms with E-state index in [1.165, 1.54) is 12.1 Å². The zero-order valence-electron chi connectivity index (χ0n) is 14.9. The van der Waals surface area contributed by atoms with Gasteiger partial charge in [0.05, 0.1) is 5.69 Å². The Morgan fingerprint density at radius 1 is 1.19 bits per heavy atom. The number of benzene rings is 1. The summed E-state index contributed by atoms with van der Waals surface area (Å²) in [5, 5.41) is 3.58. The molecular weight excluding hydrogens is 357 g/mol. The molecule has 2 heterocycles. The van der Waals surface area contributed by atoms with E-state index in [9.17, 15) is 14.0 Å². The SMILES string of the molecule is Cc1cc(OCC(=O)OCC(=O)N2CCN(c3ccccc3F)CC2)no1. The van der Waals surface area contributed by atoms with Gasteiger partial charge in [-0.3, -0.25) is 4.79 Å². The molecule has 1 aliphatic rings. The minimum absolute atomic E-state index is 0.181. The van der Waals surface area contributed by atoms with Crippen LogP contribution in [0.3, 0.4) is 0 Å². The van der Waals surface area contributed by atoms with Crippen molar-refractivity contribution in [3.8, 4) is 5.88 Å². The molecule has 9 heteroatoms. The molecule has 1 amide bonds. The number of ether oxygens (including phenoxy) is 2. The molecule has 27 heavy (non-hydrogen) atoms. The van der Waals surface area contributed by atoms with E-state index >= 15 is 0 Å². The second-order valence-corrected chi connectivity index (χ2v) is 6.04. The summed E-state index contributed by atoms with van der Waals surface area (Å²) in [6.45, 7) is 2.85. The third kappa shape index (κ3) is 4.96. The molecule has 1 aliphatic heterocycles. The van der Waals surface area contributed by atoms with Crippen LogP contribution >= 0.6 is 0 Å². The van der Waals surface area contributed by atoms with Crippen LogP contribution in [0.4, 0.5) is 10.1 Å². The maximum Gasteiger partial charge on any atom is 0.344 e. The van der Waals surface area contributed by atoms with E-state index in [2.05, 4.69) is 5.16 Å². The van der Waals surface area contributed by atoms with Crippen molar-refractivity contribution >= 4 is 17.6 Å². The van der Waals surface area contributed by atoms with Gasteiger partial charge in [-0.15, -0.1) is 0 Å². The summed E-state index contributed by atoms with van der Waals surface area (Å²) in [7, 11) is 0. The molecule has 2 aromatic rings. The van der Waals surface area contributed by atoms with Gasteiger partial charge < -0.3 is 23.8 Å². The van der Waals surface area contributed by atoms with E-state index in [1.807, 2.05) is 4.90 Å². The quantitative estimate of drug-likeness (QED) is 0.704. The number of hydrogen-bond acceptors (Lipinski definition) is 7. The first-order chi connectivity index (χ1) is 13.0. The van der Waals surface area contributed by atoms with Gasteiger partial charge in [-0.05, 0) is 24.2 Å². The molecule has 0 atom stereocenters. The Labute approximate surface area is 155 Å². The number of piperazine rings is 1. The summed E-state index contributed by atoms with van der Waals surface area (Å²) in [4.78, 5) is 27.3. The van der Waals surface area contributed by atoms with Gasteiger partial charge in [-0.25, -0.2) is 9.18 Å². The monoisotopic (exact) mass is 377 g/mol. The molecule has 1 fully saturated rings. The maximum atomic E-state index is 13.8. The van der Waals surface area contributed by atoms with Crippen LogP contribution in [0.25, 0.3) is 0 Å². The third-order valence-corrected chi connectivity index (χ3v) is 4.13. The Kier molecular flexibility index (Phi) is 5.90. The number of hydrogen-bond donors (Lipinski definition) is 0. The molecule has 1 saturated heterocycles. The lowest BCUT2D eigenvalue weighted by Crippen LogP contribution is -2.50. The van der Waals surface area contributed by atoms with Crippen LogP contribution in [0.5, 0.6) is 5.88 Å². The van der Waals surface area contributed by atoms with Crippen molar-refractivity contribution in [3.63, 3.8) is 0 Å². The molecule has 0 spiro atoms. The molecule has 0 N–H and O–H groups in total. The molecular formula is C18H20FN3O5. The summed E-state index contributed by atoms with van der Waals surface area (Å²) in [6, 6.07) is 8.07. The number of aromatic nitrogens is 1. The number of carbonyl (C=O) groups is 2. The molecule has 144 valence electrons. The van der Waals surface area contributed by atoms with Crippen LogP contribution in [-0.4, -0.2) is 61.3 Å². The Hall–Kier alpha value is -3.10. The summed E-state index contributed by atoms with van der Waals surface area (Å²) in [6.07, 6.45) is 0. The molecule has 0 radical (unpaired) electrons. The molecule has 0 aliphatic carbocycles. The number of anilines is 1. The van der Waals surface area contributed by atoms with E-state index < -0.39 is 5.97 Å². The van der Waals surface area contributed by atoms with Crippen molar-refractivity contribution in [1.82, 2.24) is 10.1 Å². The lowest BCUT2D eigenvalue weighted by molar-refractivity contribution is -0.153. The van der Waals surface area contributed by atoms with Crippen molar-refractivity contribution < 1.29 is 28.0 Å².